The number of aromatic amines is 1. The zero-order valence-electron chi connectivity index (χ0n) is 7.02. The van der Waals surface area contributed by atoms with Crippen LogP contribution in [0.1, 0.15) is 0 Å². The summed E-state index contributed by atoms with van der Waals surface area (Å²) >= 11 is -2.31. The summed E-state index contributed by atoms with van der Waals surface area (Å²) < 4.78 is 21.6. The maximum atomic E-state index is 11.3. The van der Waals surface area contributed by atoms with E-state index >= 15 is 0 Å². The van der Waals surface area contributed by atoms with E-state index < -0.39 is 11.1 Å². The van der Waals surface area contributed by atoms with Crippen molar-refractivity contribution in [2.45, 2.75) is 4.90 Å². The molecule has 2 aromatic rings. The van der Waals surface area contributed by atoms with E-state index in [0.29, 0.717) is 10.8 Å². The number of H-pyrrole nitrogens is 1. The summed E-state index contributed by atoms with van der Waals surface area (Å²) in [4.78, 5) is 13.9. The van der Waals surface area contributed by atoms with Crippen LogP contribution in [-0.2, 0) is 11.1 Å². The molecule has 0 bridgehead atoms. The van der Waals surface area contributed by atoms with Gasteiger partial charge in [-0.15, -0.1) is 0 Å². The molecule has 14 heavy (non-hydrogen) atoms. The van der Waals surface area contributed by atoms with E-state index in [1.165, 1.54) is 12.3 Å². The van der Waals surface area contributed by atoms with E-state index in [9.17, 15) is 13.6 Å². The maximum absolute atomic E-state index is 11.3. The van der Waals surface area contributed by atoms with Crippen LogP contribution in [0.25, 0.3) is 10.8 Å². The van der Waals surface area contributed by atoms with Crippen molar-refractivity contribution in [2.24, 2.45) is 0 Å². The first-order valence-corrected chi connectivity index (χ1v) is 4.97. The summed E-state index contributed by atoms with van der Waals surface area (Å²) in [6, 6.07) is 6.17. The van der Waals surface area contributed by atoms with Crippen LogP contribution < -0.4 is 5.56 Å². The number of pyridine rings is 1. The third-order valence-electron chi connectivity index (χ3n) is 1.95. The molecule has 1 unspecified atom stereocenters. The first kappa shape index (κ1) is 9.11. The van der Waals surface area contributed by atoms with Crippen molar-refractivity contribution in [1.82, 2.24) is 4.98 Å². The lowest BCUT2D eigenvalue weighted by molar-refractivity contribution is 0.538. The summed E-state index contributed by atoms with van der Waals surface area (Å²) in [7, 11) is 0. The van der Waals surface area contributed by atoms with Gasteiger partial charge in [0, 0.05) is 21.9 Å². The zero-order chi connectivity index (χ0) is 10.1. The predicted octanol–water partition coefficient (Wildman–Crippen LogP) is 0.766. The second-order valence-electron chi connectivity index (χ2n) is 2.76. The highest BCUT2D eigenvalue weighted by Crippen LogP contribution is 2.17. The molecular formula is C9H6NO3S-. The minimum absolute atomic E-state index is 0.147. The van der Waals surface area contributed by atoms with Gasteiger partial charge in [-0.2, -0.15) is 0 Å². The number of aromatic nitrogens is 1. The highest BCUT2D eigenvalue weighted by molar-refractivity contribution is 7.79. The highest BCUT2D eigenvalue weighted by atomic mass is 32.2. The first-order valence-electron chi connectivity index (χ1n) is 3.90. The Labute approximate surface area is 81.9 Å². The minimum atomic E-state index is -2.31. The fourth-order valence-corrected chi connectivity index (χ4v) is 1.88. The molecule has 0 aliphatic carbocycles. The number of rotatable bonds is 1. The molecule has 0 aliphatic heterocycles. The van der Waals surface area contributed by atoms with Crippen molar-refractivity contribution >= 4 is 21.9 Å². The van der Waals surface area contributed by atoms with Crippen molar-refractivity contribution in [2.75, 3.05) is 0 Å². The van der Waals surface area contributed by atoms with Crippen molar-refractivity contribution in [1.29, 1.82) is 0 Å². The van der Waals surface area contributed by atoms with Gasteiger partial charge in [0.2, 0.25) is 0 Å². The van der Waals surface area contributed by atoms with Crippen molar-refractivity contribution < 1.29 is 8.76 Å². The quantitative estimate of drug-likeness (QED) is 0.703. The van der Waals surface area contributed by atoms with Gasteiger partial charge in [-0.3, -0.25) is 9.00 Å². The molecule has 1 N–H and O–H groups in total. The van der Waals surface area contributed by atoms with E-state index in [2.05, 4.69) is 4.98 Å². The average molecular weight is 208 g/mol. The number of hydrogen-bond acceptors (Lipinski definition) is 3. The molecule has 0 amide bonds. The zero-order valence-corrected chi connectivity index (χ0v) is 7.84. The van der Waals surface area contributed by atoms with Gasteiger partial charge < -0.3 is 9.54 Å². The van der Waals surface area contributed by atoms with Crippen LogP contribution in [0.5, 0.6) is 0 Å². The average Bonchev–Trinajstić information content (AvgIpc) is 2.17. The van der Waals surface area contributed by atoms with E-state index in [1.54, 1.807) is 18.2 Å². The molecule has 1 aromatic carbocycles. The van der Waals surface area contributed by atoms with Gasteiger partial charge in [-0.25, -0.2) is 0 Å². The number of fused-ring (bicyclic) bond motifs is 1. The Bertz CT molecular complexity index is 561. The van der Waals surface area contributed by atoms with E-state index in [-0.39, 0.29) is 10.5 Å². The van der Waals surface area contributed by atoms with Gasteiger partial charge in [0.15, 0.2) is 0 Å². The standard InChI is InChI=1S/C9H7NO3S/c11-9-7-2-1-3-8(14(12)13)6(7)4-5-10-9/h1-5H,(H,10,11)(H,12,13)/p-1. The molecule has 0 aliphatic rings. The molecule has 5 heteroatoms. The fourth-order valence-electron chi connectivity index (χ4n) is 1.34. The second kappa shape index (κ2) is 3.36. The van der Waals surface area contributed by atoms with Gasteiger partial charge >= 0.3 is 0 Å². The van der Waals surface area contributed by atoms with Gasteiger partial charge in [-0.1, -0.05) is 6.07 Å². The molecule has 0 saturated carbocycles. The molecule has 72 valence electrons. The second-order valence-corrected chi connectivity index (χ2v) is 3.67. The van der Waals surface area contributed by atoms with E-state index in [4.69, 9.17) is 0 Å². The van der Waals surface area contributed by atoms with Crippen molar-refractivity contribution in [3.8, 4) is 0 Å². The fraction of sp³-hybridized carbons (Fsp3) is 0. The molecule has 0 radical (unpaired) electrons. The third-order valence-corrected chi connectivity index (χ3v) is 2.67. The van der Waals surface area contributed by atoms with Gasteiger partial charge in [0.05, 0.1) is 0 Å². The van der Waals surface area contributed by atoms with Crippen LogP contribution in [0.4, 0.5) is 0 Å². The minimum Gasteiger partial charge on any atom is -0.768 e. The SMILES string of the molecule is O=c1[nH]ccc2c(S(=O)[O-])cccc12. The highest BCUT2D eigenvalue weighted by Gasteiger charge is 2.02. The van der Waals surface area contributed by atoms with Crippen molar-refractivity contribution in [3.63, 3.8) is 0 Å². The first-order chi connectivity index (χ1) is 6.70. The van der Waals surface area contributed by atoms with Crippen LogP contribution in [0.15, 0.2) is 40.2 Å². The molecule has 1 heterocycles. The molecule has 0 fully saturated rings. The van der Waals surface area contributed by atoms with Crippen LogP contribution in [-0.4, -0.2) is 13.7 Å². The Hall–Kier alpha value is -1.46. The van der Waals surface area contributed by atoms with Crippen LogP contribution in [0, 0.1) is 0 Å². The smallest absolute Gasteiger partial charge is 0.255 e. The molecule has 0 spiro atoms. The lowest BCUT2D eigenvalue weighted by atomic mass is 10.2. The molecule has 0 saturated heterocycles. The summed E-state index contributed by atoms with van der Waals surface area (Å²) in [5.74, 6) is 0. The Balaban J connectivity index is 2.95. The molecule has 1 aromatic heterocycles. The third kappa shape index (κ3) is 1.36. The number of nitrogens with one attached hydrogen (secondary N) is 1. The summed E-state index contributed by atoms with van der Waals surface area (Å²) in [5, 5.41) is 0.832. The van der Waals surface area contributed by atoms with Gasteiger partial charge in [0.25, 0.3) is 5.56 Å². The molecular weight excluding hydrogens is 202 g/mol. The topological polar surface area (TPSA) is 73.0 Å². The Morgan fingerprint density at radius 2 is 2.00 bits per heavy atom. The lowest BCUT2D eigenvalue weighted by Crippen LogP contribution is -2.05. The lowest BCUT2D eigenvalue weighted by Gasteiger charge is -2.07. The maximum Gasteiger partial charge on any atom is 0.255 e. The molecule has 2 rings (SSSR count). The summed E-state index contributed by atoms with van der Waals surface area (Å²) in [6.07, 6.45) is 1.43. The Morgan fingerprint density at radius 3 is 2.71 bits per heavy atom. The normalized spacial score (nSPS) is 12.9. The number of benzene rings is 1. The summed E-state index contributed by atoms with van der Waals surface area (Å²) in [5.41, 5.74) is -0.283. The largest absolute Gasteiger partial charge is 0.768 e. The Morgan fingerprint density at radius 1 is 1.21 bits per heavy atom. The van der Waals surface area contributed by atoms with Crippen molar-refractivity contribution in [3.05, 3.63) is 40.8 Å². The van der Waals surface area contributed by atoms with Crippen LogP contribution >= 0.6 is 0 Å². The summed E-state index contributed by atoms with van der Waals surface area (Å²) in [6.45, 7) is 0. The van der Waals surface area contributed by atoms with E-state index in [0.717, 1.165) is 0 Å². The van der Waals surface area contributed by atoms with Crippen LogP contribution in [0.3, 0.4) is 0 Å². The monoisotopic (exact) mass is 208 g/mol. The Kier molecular flexibility index (Phi) is 2.18. The molecule has 1 atom stereocenters. The van der Waals surface area contributed by atoms with Gasteiger partial charge in [0.1, 0.15) is 0 Å². The number of hydrogen-bond donors (Lipinski definition) is 1. The predicted molar refractivity (Wildman–Crippen MR) is 51.8 cm³/mol. The molecule has 4 nitrogen and oxygen atoms in total. The van der Waals surface area contributed by atoms with E-state index in [1.807, 2.05) is 0 Å². The van der Waals surface area contributed by atoms with Crippen LogP contribution in [0.2, 0.25) is 0 Å². The van der Waals surface area contributed by atoms with Gasteiger partial charge in [-0.05, 0) is 29.3 Å².